The molecule has 1 heterocycles. The molecule has 0 amide bonds. The molecule has 0 bridgehead atoms. The molecule has 0 fully saturated rings. The molecule has 0 aliphatic carbocycles. The average Bonchev–Trinajstić information content (AvgIpc) is 3.11. The lowest BCUT2D eigenvalue weighted by atomic mass is 10.1. The number of halogens is 3. The summed E-state index contributed by atoms with van der Waals surface area (Å²) in [6, 6.07) is 19.0. The van der Waals surface area contributed by atoms with Gasteiger partial charge in [-0.2, -0.15) is 23.4 Å². The van der Waals surface area contributed by atoms with Crippen molar-refractivity contribution >= 4 is 17.1 Å². The van der Waals surface area contributed by atoms with Gasteiger partial charge in [0.05, 0.1) is 16.9 Å². The summed E-state index contributed by atoms with van der Waals surface area (Å²) in [5.41, 5.74) is 5.13. The van der Waals surface area contributed by atoms with E-state index in [1.54, 1.807) is 0 Å². The molecule has 3 aromatic carbocycles. The molecular weight excluding hydrogens is 363 g/mol. The van der Waals surface area contributed by atoms with Crippen molar-refractivity contribution in [3.8, 4) is 0 Å². The fraction of sp³-hybridized carbons (Fsp3) is 0.182. The van der Waals surface area contributed by atoms with E-state index in [-0.39, 0.29) is 0 Å². The van der Waals surface area contributed by atoms with E-state index in [4.69, 9.17) is 0 Å². The van der Waals surface area contributed by atoms with Gasteiger partial charge in [-0.05, 0) is 66.1 Å². The molecule has 3 aromatic rings. The van der Waals surface area contributed by atoms with Crippen LogP contribution in [0.25, 0.3) is 0 Å². The SMILES string of the molecule is Cc1cc(N2Cc3ccccc3C2)ccc1N=Nc1ccc(C(F)(F)F)cc1. The molecule has 0 aromatic heterocycles. The number of rotatable bonds is 3. The van der Waals surface area contributed by atoms with Crippen LogP contribution in [0.15, 0.2) is 77.0 Å². The molecule has 0 saturated carbocycles. The van der Waals surface area contributed by atoms with Crippen LogP contribution in [-0.4, -0.2) is 0 Å². The monoisotopic (exact) mass is 381 g/mol. The molecule has 1 aliphatic heterocycles. The lowest BCUT2D eigenvalue weighted by Gasteiger charge is -2.18. The van der Waals surface area contributed by atoms with Crippen molar-refractivity contribution in [1.82, 2.24) is 0 Å². The number of benzene rings is 3. The Morgan fingerprint density at radius 3 is 2.04 bits per heavy atom. The largest absolute Gasteiger partial charge is 0.416 e. The third-order valence-electron chi connectivity index (χ3n) is 4.85. The Balaban J connectivity index is 1.49. The Labute approximate surface area is 161 Å². The smallest absolute Gasteiger partial charge is 0.363 e. The summed E-state index contributed by atoms with van der Waals surface area (Å²) in [7, 11) is 0. The summed E-state index contributed by atoms with van der Waals surface area (Å²) < 4.78 is 37.9. The molecule has 0 spiro atoms. The van der Waals surface area contributed by atoms with Crippen LogP contribution >= 0.6 is 0 Å². The van der Waals surface area contributed by atoms with Crippen LogP contribution in [0.4, 0.5) is 30.2 Å². The minimum Gasteiger partial charge on any atom is -0.363 e. The molecule has 0 unspecified atom stereocenters. The molecule has 6 heteroatoms. The number of hydrogen-bond donors (Lipinski definition) is 0. The summed E-state index contributed by atoms with van der Waals surface area (Å²) in [5, 5.41) is 8.26. The van der Waals surface area contributed by atoms with Gasteiger partial charge in [0.25, 0.3) is 0 Å². The Morgan fingerprint density at radius 1 is 0.821 bits per heavy atom. The van der Waals surface area contributed by atoms with Crippen molar-refractivity contribution in [2.24, 2.45) is 10.2 Å². The summed E-state index contributed by atoms with van der Waals surface area (Å²) >= 11 is 0. The molecular formula is C22H18F3N3. The molecule has 0 saturated heterocycles. The lowest BCUT2D eigenvalue weighted by Crippen LogP contribution is -2.14. The number of azo groups is 1. The first-order chi connectivity index (χ1) is 13.4. The molecule has 0 N–H and O–H groups in total. The van der Waals surface area contributed by atoms with Gasteiger partial charge < -0.3 is 4.90 Å². The van der Waals surface area contributed by atoms with Crippen molar-refractivity contribution in [3.05, 3.63) is 89.0 Å². The zero-order valence-electron chi connectivity index (χ0n) is 15.2. The summed E-state index contributed by atoms with van der Waals surface area (Å²) in [6.07, 6.45) is -4.35. The standard InChI is InChI=1S/C22H18F3N3/c1-15-12-20(28-13-16-4-2-3-5-17(16)14-28)10-11-21(15)27-26-19-8-6-18(7-9-19)22(23,24)25/h2-12H,13-14H2,1H3. The van der Waals surface area contributed by atoms with Crippen LogP contribution in [0, 0.1) is 6.92 Å². The summed E-state index contributed by atoms with van der Waals surface area (Å²) in [6.45, 7) is 3.71. The fourth-order valence-electron chi connectivity index (χ4n) is 3.29. The van der Waals surface area contributed by atoms with Crippen molar-refractivity contribution in [2.45, 2.75) is 26.2 Å². The van der Waals surface area contributed by atoms with E-state index in [1.807, 2.05) is 19.1 Å². The normalized spacial score (nSPS) is 13.9. The van der Waals surface area contributed by atoms with Gasteiger partial charge in [-0.1, -0.05) is 24.3 Å². The number of anilines is 1. The Kier molecular flexibility index (Phi) is 4.63. The van der Waals surface area contributed by atoms with Crippen molar-refractivity contribution in [2.75, 3.05) is 4.90 Å². The van der Waals surface area contributed by atoms with E-state index in [2.05, 4.69) is 45.5 Å². The van der Waals surface area contributed by atoms with Crippen LogP contribution in [-0.2, 0) is 19.3 Å². The minimum absolute atomic E-state index is 0.381. The van der Waals surface area contributed by atoms with Gasteiger partial charge in [0.1, 0.15) is 0 Å². The third kappa shape index (κ3) is 3.76. The van der Waals surface area contributed by atoms with Crippen LogP contribution < -0.4 is 4.90 Å². The third-order valence-corrected chi connectivity index (χ3v) is 4.85. The van der Waals surface area contributed by atoms with Gasteiger partial charge in [-0.25, -0.2) is 0 Å². The summed E-state index contributed by atoms with van der Waals surface area (Å²) in [5.74, 6) is 0. The Morgan fingerprint density at radius 2 is 1.46 bits per heavy atom. The maximum Gasteiger partial charge on any atom is 0.416 e. The molecule has 28 heavy (non-hydrogen) atoms. The van der Waals surface area contributed by atoms with E-state index < -0.39 is 11.7 Å². The van der Waals surface area contributed by atoms with Gasteiger partial charge in [0.2, 0.25) is 0 Å². The summed E-state index contributed by atoms with van der Waals surface area (Å²) in [4.78, 5) is 2.30. The lowest BCUT2D eigenvalue weighted by molar-refractivity contribution is -0.137. The van der Waals surface area contributed by atoms with Gasteiger partial charge in [0, 0.05) is 18.8 Å². The second-order valence-corrected chi connectivity index (χ2v) is 6.84. The highest BCUT2D eigenvalue weighted by Gasteiger charge is 2.29. The van der Waals surface area contributed by atoms with Crippen LogP contribution in [0.5, 0.6) is 0 Å². The highest BCUT2D eigenvalue weighted by molar-refractivity contribution is 5.59. The van der Waals surface area contributed by atoms with Crippen LogP contribution in [0.1, 0.15) is 22.3 Å². The quantitative estimate of drug-likeness (QED) is 0.451. The molecule has 0 atom stereocenters. The van der Waals surface area contributed by atoms with E-state index in [9.17, 15) is 13.2 Å². The molecule has 142 valence electrons. The number of nitrogens with zero attached hydrogens (tertiary/aromatic N) is 3. The second kappa shape index (κ2) is 7.11. The minimum atomic E-state index is -4.35. The van der Waals surface area contributed by atoms with Crippen molar-refractivity contribution < 1.29 is 13.2 Å². The number of aryl methyl sites for hydroxylation is 1. The topological polar surface area (TPSA) is 28.0 Å². The second-order valence-electron chi connectivity index (χ2n) is 6.84. The average molecular weight is 381 g/mol. The van der Waals surface area contributed by atoms with Gasteiger partial charge in [-0.15, -0.1) is 0 Å². The van der Waals surface area contributed by atoms with Gasteiger partial charge >= 0.3 is 6.18 Å². The molecule has 0 radical (unpaired) electrons. The first-order valence-corrected chi connectivity index (χ1v) is 8.91. The van der Waals surface area contributed by atoms with Crippen molar-refractivity contribution in [3.63, 3.8) is 0 Å². The highest BCUT2D eigenvalue weighted by atomic mass is 19.4. The van der Waals surface area contributed by atoms with Gasteiger partial charge in [0.15, 0.2) is 0 Å². The van der Waals surface area contributed by atoms with E-state index in [0.29, 0.717) is 11.4 Å². The predicted octanol–water partition coefficient (Wildman–Crippen LogP) is 6.95. The van der Waals surface area contributed by atoms with Crippen molar-refractivity contribution in [1.29, 1.82) is 0 Å². The maximum absolute atomic E-state index is 12.6. The van der Waals surface area contributed by atoms with Crippen LogP contribution in [0.2, 0.25) is 0 Å². The number of fused-ring (bicyclic) bond motifs is 1. The first-order valence-electron chi connectivity index (χ1n) is 8.91. The van der Waals surface area contributed by atoms with E-state index in [0.717, 1.165) is 36.5 Å². The fourth-order valence-corrected chi connectivity index (χ4v) is 3.29. The molecule has 1 aliphatic rings. The first kappa shape index (κ1) is 18.2. The maximum atomic E-state index is 12.6. The number of hydrogen-bond acceptors (Lipinski definition) is 3. The Bertz CT molecular complexity index is 999. The molecule has 3 nitrogen and oxygen atoms in total. The highest BCUT2D eigenvalue weighted by Crippen LogP contribution is 2.33. The zero-order valence-corrected chi connectivity index (χ0v) is 15.2. The van der Waals surface area contributed by atoms with E-state index in [1.165, 1.54) is 23.3 Å². The number of alkyl halides is 3. The Hall–Kier alpha value is -3.15. The zero-order chi connectivity index (χ0) is 19.7. The predicted molar refractivity (Wildman–Crippen MR) is 103 cm³/mol. The van der Waals surface area contributed by atoms with Crippen LogP contribution in [0.3, 0.4) is 0 Å². The van der Waals surface area contributed by atoms with Gasteiger partial charge in [-0.3, -0.25) is 0 Å². The molecule has 4 rings (SSSR count). The van der Waals surface area contributed by atoms with E-state index >= 15 is 0 Å².